The van der Waals surface area contributed by atoms with Crippen molar-refractivity contribution >= 4 is 35.2 Å². The number of aromatic nitrogens is 1. The SMILES string of the molecule is COc1cc(OC2C(C)(C)C(N3Cc4nc(C#CC5CC(N6CCN(c7cc8c(cc7F)C(=O)N(C7CCC(=O)NC7=O)C8=O)CC6)C5)ccc4C3=O)C2(C)C)ccc1C#N. The average Bonchev–Trinajstić information content (AvgIpc) is 3.65. The topological polar surface area (TPSA) is 165 Å². The number of hydrogen-bond acceptors (Lipinski definition) is 11. The summed E-state index contributed by atoms with van der Waals surface area (Å²) >= 11 is 0. The molecule has 3 aromatic rings. The molecular formula is C46H46FN7O7. The van der Waals surface area contributed by atoms with E-state index in [2.05, 4.69) is 55.8 Å². The van der Waals surface area contributed by atoms with Crippen molar-refractivity contribution in [2.45, 2.75) is 84.2 Å². The predicted octanol–water partition coefficient (Wildman–Crippen LogP) is 4.29. The van der Waals surface area contributed by atoms with Gasteiger partial charge in [-0.3, -0.25) is 39.1 Å². The zero-order valence-electron chi connectivity index (χ0n) is 34.7. The highest BCUT2D eigenvalue weighted by atomic mass is 19.1. The summed E-state index contributed by atoms with van der Waals surface area (Å²) in [6.07, 6.45) is 1.63. The molecule has 15 heteroatoms. The minimum absolute atomic E-state index is 0.00842. The van der Waals surface area contributed by atoms with Crippen molar-refractivity contribution in [2.24, 2.45) is 16.7 Å². The number of ether oxygens (including phenoxy) is 2. The van der Waals surface area contributed by atoms with E-state index in [0.29, 0.717) is 67.1 Å². The largest absolute Gasteiger partial charge is 0.495 e. The molecule has 2 aromatic carbocycles. The van der Waals surface area contributed by atoms with Crippen molar-refractivity contribution in [1.82, 2.24) is 25.0 Å². The first-order valence-corrected chi connectivity index (χ1v) is 20.7. The van der Waals surface area contributed by atoms with E-state index >= 15 is 4.39 Å². The highest BCUT2D eigenvalue weighted by Gasteiger charge is 2.67. The fraction of sp³-hybridized carbons (Fsp3) is 0.457. The summed E-state index contributed by atoms with van der Waals surface area (Å²) in [5.74, 6) is 4.70. The number of amides is 5. The predicted molar refractivity (Wildman–Crippen MR) is 218 cm³/mol. The molecule has 4 aliphatic heterocycles. The minimum Gasteiger partial charge on any atom is -0.495 e. The van der Waals surface area contributed by atoms with Crippen molar-refractivity contribution in [2.75, 3.05) is 38.2 Å². The molecule has 14 nitrogen and oxygen atoms in total. The lowest BCUT2D eigenvalue weighted by Gasteiger charge is -2.65. The van der Waals surface area contributed by atoms with Crippen LogP contribution in [0.5, 0.6) is 11.5 Å². The third-order valence-corrected chi connectivity index (χ3v) is 13.6. The minimum atomic E-state index is -1.11. The lowest BCUT2D eigenvalue weighted by atomic mass is 9.49. The second-order valence-electron chi connectivity index (χ2n) is 18.1. The van der Waals surface area contributed by atoms with Gasteiger partial charge in [-0.25, -0.2) is 9.37 Å². The number of hydrogen-bond donors (Lipinski definition) is 1. The number of nitrogens with one attached hydrogen (secondary N) is 1. The maximum atomic E-state index is 15.5. The molecule has 0 bridgehead atoms. The number of carbonyl (C=O) groups is 5. The molecule has 6 aliphatic rings. The van der Waals surface area contributed by atoms with Gasteiger partial charge in [0.2, 0.25) is 11.8 Å². The first-order chi connectivity index (χ1) is 29.1. The quantitative estimate of drug-likeness (QED) is 0.267. The Morgan fingerprint density at radius 1 is 0.885 bits per heavy atom. The van der Waals surface area contributed by atoms with Crippen molar-refractivity contribution in [1.29, 1.82) is 5.26 Å². The van der Waals surface area contributed by atoms with E-state index in [1.165, 1.54) is 13.2 Å². The molecule has 61 heavy (non-hydrogen) atoms. The van der Waals surface area contributed by atoms with E-state index in [9.17, 15) is 29.2 Å². The molecule has 4 fully saturated rings. The number of pyridine rings is 1. The zero-order chi connectivity index (χ0) is 43.1. The Labute approximate surface area is 352 Å². The highest BCUT2D eigenvalue weighted by Crippen LogP contribution is 2.59. The number of carbonyl (C=O) groups excluding carboxylic acids is 5. The van der Waals surface area contributed by atoms with Gasteiger partial charge in [-0.1, -0.05) is 33.6 Å². The summed E-state index contributed by atoms with van der Waals surface area (Å²) in [7, 11) is 1.52. The van der Waals surface area contributed by atoms with Crippen LogP contribution in [0.4, 0.5) is 10.1 Å². The monoisotopic (exact) mass is 827 g/mol. The smallest absolute Gasteiger partial charge is 0.262 e. The summed E-state index contributed by atoms with van der Waals surface area (Å²) in [5, 5.41) is 11.6. The lowest BCUT2D eigenvalue weighted by molar-refractivity contribution is -0.199. The Kier molecular flexibility index (Phi) is 9.66. The van der Waals surface area contributed by atoms with E-state index < -0.39 is 35.5 Å². The number of piperidine rings is 1. The molecule has 1 N–H and O–H groups in total. The standard InChI is InChI=1S/C46H46FN7O7/c1-45(2)43(46(3,4)44(45)61-29-10-7-26(23-48)37(20-29)60-5)53-24-34-30(40(53)57)11-9-27(49-34)8-6-25-18-28(19-25)51-14-16-52(17-15-51)36-22-32-31(21-33(36)47)41(58)54(42(32)59)35-12-13-38(55)50-39(35)56/h7,9-11,20-22,25,28,35,43-44H,12-19,24H2,1-5H3,(H,50,55,56). The molecule has 2 saturated carbocycles. The molecule has 5 heterocycles. The van der Waals surface area contributed by atoms with E-state index in [0.717, 1.165) is 29.5 Å². The Morgan fingerprint density at radius 3 is 2.26 bits per heavy atom. The van der Waals surface area contributed by atoms with Gasteiger partial charge in [0, 0.05) is 67.5 Å². The second-order valence-corrected chi connectivity index (χ2v) is 18.1. The molecule has 9 rings (SSSR count). The maximum absolute atomic E-state index is 15.5. The van der Waals surface area contributed by atoms with Gasteiger partial charge in [0.1, 0.15) is 41.2 Å². The first-order valence-electron chi connectivity index (χ1n) is 20.7. The fourth-order valence-corrected chi connectivity index (χ4v) is 10.9. The van der Waals surface area contributed by atoms with Crippen LogP contribution in [-0.2, 0) is 16.1 Å². The molecule has 314 valence electrons. The molecule has 2 saturated heterocycles. The van der Waals surface area contributed by atoms with Gasteiger partial charge in [0.15, 0.2) is 0 Å². The van der Waals surface area contributed by atoms with E-state index in [4.69, 9.17) is 14.5 Å². The van der Waals surface area contributed by atoms with E-state index in [1.807, 2.05) is 21.9 Å². The van der Waals surface area contributed by atoms with Gasteiger partial charge in [-0.05, 0) is 61.6 Å². The Hall–Kier alpha value is -6.32. The van der Waals surface area contributed by atoms with Crippen LogP contribution in [0.3, 0.4) is 0 Å². The first kappa shape index (κ1) is 40.1. The molecular weight excluding hydrogens is 782 g/mol. The van der Waals surface area contributed by atoms with Crippen LogP contribution in [0.1, 0.15) is 101 Å². The molecule has 2 aliphatic carbocycles. The Balaban J connectivity index is 0.785. The van der Waals surface area contributed by atoms with Crippen LogP contribution in [-0.4, -0.2) is 107 Å². The van der Waals surface area contributed by atoms with Crippen LogP contribution in [0.2, 0.25) is 0 Å². The van der Waals surface area contributed by atoms with Crippen LogP contribution in [0.15, 0.2) is 42.5 Å². The van der Waals surface area contributed by atoms with Crippen molar-refractivity contribution in [3.8, 4) is 29.4 Å². The Morgan fingerprint density at radius 2 is 1.59 bits per heavy atom. The Bertz CT molecular complexity index is 2510. The number of imide groups is 2. The van der Waals surface area contributed by atoms with E-state index in [-0.39, 0.29) is 64.5 Å². The van der Waals surface area contributed by atoms with Gasteiger partial charge in [-0.15, -0.1) is 0 Å². The van der Waals surface area contributed by atoms with Crippen LogP contribution >= 0.6 is 0 Å². The van der Waals surface area contributed by atoms with Crippen LogP contribution < -0.4 is 19.7 Å². The number of nitriles is 1. The highest BCUT2D eigenvalue weighted by molar-refractivity contribution is 6.23. The summed E-state index contributed by atoms with van der Waals surface area (Å²) in [5.41, 5.74) is 1.82. The average molecular weight is 828 g/mol. The molecule has 1 unspecified atom stereocenters. The number of benzene rings is 2. The zero-order valence-corrected chi connectivity index (χ0v) is 34.7. The maximum Gasteiger partial charge on any atom is 0.262 e. The number of halogens is 1. The number of methoxy groups -OCH3 is 1. The van der Waals surface area contributed by atoms with Crippen molar-refractivity contribution in [3.05, 3.63) is 81.9 Å². The fourth-order valence-electron chi connectivity index (χ4n) is 10.9. The molecule has 0 radical (unpaired) electrons. The third-order valence-electron chi connectivity index (χ3n) is 13.6. The summed E-state index contributed by atoms with van der Waals surface area (Å²) < 4.78 is 27.4. The number of piperazine rings is 1. The summed E-state index contributed by atoms with van der Waals surface area (Å²) in [6, 6.07) is 12.6. The van der Waals surface area contributed by atoms with Gasteiger partial charge >= 0.3 is 0 Å². The van der Waals surface area contributed by atoms with Crippen LogP contribution in [0, 0.1) is 45.7 Å². The lowest BCUT2D eigenvalue weighted by Crippen LogP contribution is -2.74. The third kappa shape index (κ3) is 6.57. The van der Waals surface area contributed by atoms with Gasteiger partial charge in [0.25, 0.3) is 17.7 Å². The summed E-state index contributed by atoms with van der Waals surface area (Å²) in [4.78, 5) is 76.2. The summed E-state index contributed by atoms with van der Waals surface area (Å²) in [6.45, 7) is 11.3. The second kappa shape index (κ2) is 14.7. The molecule has 1 aromatic heterocycles. The van der Waals surface area contributed by atoms with Crippen molar-refractivity contribution in [3.63, 3.8) is 0 Å². The number of nitrogens with zero attached hydrogens (tertiary/aromatic N) is 6. The van der Waals surface area contributed by atoms with Crippen LogP contribution in [0.25, 0.3) is 0 Å². The molecule has 5 amide bonds. The number of anilines is 1. The number of fused-ring (bicyclic) bond motifs is 2. The van der Waals surface area contributed by atoms with Gasteiger partial charge < -0.3 is 19.3 Å². The van der Waals surface area contributed by atoms with Crippen molar-refractivity contribution < 1.29 is 37.8 Å². The normalized spacial score (nSPS) is 26.3. The molecule has 1 atom stereocenters. The van der Waals surface area contributed by atoms with E-state index in [1.54, 1.807) is 18.2 Å². The van der Waals surface area contributed by atoms with Gasteiger partial charge in [-0.2, -0.15) is 5.26 Å². The number of rotatable bonds is 7. The van der Waals surface area contributed by atoms with Gasteiger partial charge in [0.05, 0.1) is 47.3 Å². The molecule has 0 spiro atoms.